The van der Waals surface area contributed by atoms with Crippen LogP contribution in [0.1, 0.15) is 110 Å². The summed E-state index contributed by atoms with van der Waals surface area (Å²) < 4.78 is 13.9. The summed E-state index contributed by atoms with van der Waals surface area (Å²) in [4.78, 5) is 0. The Morgan fingerprint density at radius 3 is 2.03 bits per heavy atom. The van der Waals surface area contributed by atoms with E-state index in [1.165, 1.54) is 30.4 Å². The van der Waals surface area contributed by atoms with Gasteiger partial charge in [0.2, 0.25) is 0 Å². The summed E-state index contributed by atoms with van der Waals surface area (Å²) in [6, 6.07) is 9.16. The minimum atomic E-state index is -1.97. The Balaban J connectivity index is 2.38. The maximum atomic E-state index is 11.1. The molecule has 5 heteroatoms. The quantitative estimate of drug-likeness (QED) is 0.161. The molecule has 1 aromatic rings. The maximum absolute atomic E-state index is 11.1. The van der Waals surface area contributed by atoms with Gasteiger partial charge in [-0.05, 0) is 72.6 Å². The lowest BCUT2D eigenvalue weighted by Crippen LogP contribution is -2.44. The van der Waals surface area contributed by atoms with Gasteiger partial charge >= 0.3 is 0 Å². The van der Waals surface area contributed by atoms with Crippen molar-refractivity contribution in [2.75, 3.05) is 0 Å². The second-order valence-corrected chi connectivity index (χ2v) is 24.0. The van der Waals surface area contributed by atoms with E-state index >= 15 is 0 Å². The molecule has 1 saturated carbocycles. The molecule has 3 nitrogen and oxygen atoms in total. The van der Waals surface area contributed by atoms with Gasteiger partial charge in [0.05, 0.1) is 18.3 Å². The Hall–Kier alpha value is -0.726. The molecule has 0 aromatic heterocycles. The normalized spacial score (nSPS) is 24.3. The van der Waals surface area contributed by atoms with Crippen molar-refractivity contribution in [3.05, 3.63) is 48.0 Å². The summed E-state index contributed by atoms with van der Waals surface area (Å²) >= 11 is 0. The van der Waals surface area contributed by atoms with Gasteiger partial charge in [-0.25, -0.2) is 0 Å². The van der Waals surface area contributed by atoms with E-state index in [2.05, 4.69) is 105 Å². The van der Waals surface area contributed by atoms with E-state index in [9.17, 15) is 5.11 Å². The Kier molecular flexibility index (Phi) is 11.1. The Labute approximate surface area is 231 Å². The van der Waals surface area contributed by atoms with E-state index in [-0.39, 0.29) is 40.2 Å². The first kappa shape index (κ1) is 32.5. The average molecular weight is 547 g/mol. The minimum absolute atomic E-state index is 0.0375. The lowest BCUT2D eigenvalue weighted by molar-refractivity contribution is 0.122. The first-order chi connectivity index (χ1) is 16.9. The van der Waals surface area contributed by atoms with Gasteiger partial charge < -0.3 is 14.0 Å². The van der Waals surface area contributed by atoms with Gasteiger partial charge in [0.15, 0.2) is 16.6 Å². The zero-order chi connectivity index (χ0) is 28.2. The lowest BCUT2D eigenvalue weighted by atomic mass is 9.84. The highest BCUT2D eigenvalue weighted by molar-refractivity contribution is 6.74. The van der Waals surface area contributed by atoms with Crippen LogP contribution in [0.4, 0.5) is 0 Å². The number of aliphatic hydroxyl groups is 1. The number of benzene rings is 1. The topological polar surface area (TPSA) is 38.7 Å². The molecule has 1 aliphatic carbocycles. The predicted octanol–water partition coefficient (Wildman–Crippen LogP) is 9.76. The molecular weight excluding hydrogens is 489 g/mol. The van der Waals surface area contributed by atoms with Crippen molar-refractivity contribution in [3.8, 4) is 0 Å². The van der Waals surface area contributed by atoms with Crippen molar-refractivity contribution in [1.29, 1.82) is 0 Å². The number of aliphatic hydroxyl groups excluding tert-OH is 1. The van der Waals surface area contributed by atoms with E-state index in [0.29, 0.717) is 6.42 Å². The molecule has 0 saturated heterocycles. The molecule has 1 fully saturated rings. The van der Waals surface area contributed by atoms with Crippen molar-refractivity contribution in [3.63, 3.8) is 0 Å². The highest BCUT2D eigenvalue weighted by Gasteiger charge is 2.48. The standard InChI is InChI=1S/C32H58O3Si2/c1-13-15-16-18-28(34-36(9,10)31(3,4)5)24-19-21-25(22-20-24)30-26(17-14-2)27(33)23-29(30)35-37(11,12)32(6,7)8/h14,19-22,26-30,33H,2,13,15-18,23H2,1,3-12H3/t26-,27-,28?,29-,30+/m0/s1. The van der Waals surface area contributed by atoms with E-state index in [0.717, 1.165) is 12.8 Å². The summed E-state index contributed by atoms with van der Waals surface area (Å²) in [6.07, 6.45) is 8.00. The van der Waals surface area contributed by atoms with Crippen LogP contribution in [0.5, 0.6) is 0 Å². The summed E-state index contributed by atoms with van der Waals surface area (Å²) in [5.74, 6) is 0.318. The number of hydrogen-bond acceptors (Lipinski definition) is 3. The average Bonchev–Trinajstić information content (AvgIpc) is 3.06. The number of allylic oxidation sites excluding steroid dienone is 1. The van der Waals surface area contributed by atoms with E-state index in [4.69, 9.17) is 8.85 Å². The molecule has 1 unspecified atom stereocenters. The van der Waals surface area contributed by atoms with E-state index < -0.39 is 16.6 Å². The SMILES string of the molecule is C=CC[C@@H]1[C@@H](c2ccc(C(CCCCC)O[Si](C)(C)C(C)(C)C)cc2)[C@@H](O[Si](C)(C)C(C)(C)C)C[C@@H]1O. The molecule has 2 rings (SSSR count). The Morgan fingerprint density at radius 1 is 0.973 bits per heavy atom. The Bertz CT molecular complexity index is 848. The van der Waals surface area contributed by atoms with Gasteiger partial charge in [-0.15, -0.1) is 6.58 Å². The molecule has 0 amide bonds. The zero-order valence-electron chi connectivity index (χ0n) is 26.0. The molecule has 1 N–H and O–H groups in total. The van der Waals surface area contributed by atoms with Gasteiger partial charge in [-0.1, -0.05) is 98.1 Å². The molecule has 37 heavy (non-hydrogen) atoms. The molecular formula is C32H58O3Si2. The molecule has 0 radical (unpaired) electrons. The fourth-order valence-electron chi connectivity index (χ4n) is 5.05. The third-order valence-corrected chi connectivity index (χ3v) is 18.5. The van der Waals surface area contributed by atoms with Crippen LogP contribution in [0.25, 0.3) is 0 Å². The molecule has 1 aliphatic rings. The Morgan fingerprint density at radius 2 is 1.54 bits per heavy atom. The highest BCUT2D eigenvalue weighted by Crippen LogP contribution is 2.48. The fourth-order valence-corrected chi connectivity index (χ4v) is 7.72. The first-order valence-electron chi connectivity index (χ1n) is 14.7. The van der Waals surface area contributed by atoms with Crippen molar-refractivity contribution < 1.29 is 14.0 Å². The molecule has 212 valence electrons. The number of hydrogen-bond donors (Lipinski definition) is 1. The van der Waals surface area contributed by atoms with Crippen LogP contribution in [0.3, 0.4) is 0 Å². The van der Waals surface area contributed by atoms with Crippen LogP contribution in [-0.2, 0) is 8.85 Å². The van der Waals surface area contributed by atoms with Gasteiger partial charge in [0, 0.05) is 5.92 Å². The van der Waals surface area contributed by atoms with Crippen molar-refractivity contribution in [2.24, 2.45) is 5.92 Å². The van der Waals surface area contributed by atoms with Crippen molar-refractivity contribution >= 4 is 16.6 Å². The molecule has 0 aliphatic heterocycles. The van der Waals surface area contributed by atoms with Gasteiger partial charge in [0.1, 0.15) is 0 Å². The minimum Gasteiger partial charge on any atom is -0.413 e. The smallest absolute Gasteiger partial charge is 0.192 e. The first-order valence-corrected chi connectivity index (χ1v) is 20.5. The summed E-state index contributed by atoms with van der Waals surface area (Å²) in [7, 11) is -3.87. The second-order valence-electron chi connectivity index (χ2n) is 14.5. The highest BCUT2D eigenvalue weighted by atomic mass is 28.4. The second kappa shape index (κ2) is 12.6. The molecule has 0 bridgehead atoms. The monoisotopic (exact) mass is 546 g/mol. The van der Waals surface area contributed by atoms with Crippen molar-refractivity contribution in [1.82, 2.24) is 0 Å². The number of rotatable bonds is 12. The van der Waals surface area contributed by atoms with E-state index in [1.807, 2.05) is 6.08 Å². The summed E-state index contributed by atoms with van der Waals surface area (Å²) in [5.41, 5.74) is 2.56. The van der Waals surface area contributed by atoms with Crippen LogP contribution in [0.2, 0.25) is 36.3 Å². The van der Waals surface area contributed by atoms with Crippen LogP contribution in [-0.4, -0.2) is 33.9 Å². The van der Waals surface area contributed by atoms with Crippen molar-refractivity contribution in [2.45, 2.75) is 147 Å². The number of unbranched alkanes of at least 4 members (excludes halogenated alkanes) is 2. The summed E-state index contributed by atoms with van der Waals surface area (Å²) in [5, 5.41) is 11.4. The predicted molar refractivity (Wildman–Crippen MR) is 165 cm³/mol. The van der Waals surface area contributed by atoms with Gasteiger partial charge in [0.25, 0.3) is 0 Å². The lowest BCUT2D eigenvalue weighted by Gasteiger charge is -2.40. The van der Waals surface area contributed by atoms with E-state index in [1.54, 1.807) is 0 Å². The third-order valence-electron chi connectivity index (χ3n) is 9.53. The molecule has 0 spiro atoms. The fraction of sp³-hybridized carbons (Fsp3) is 0.750. The van der Waals surface area contributed by atoms with Crippen LogP contribution in [0, 0.1) is 5.92 Å². The van der Waals surface area contributed by atoms with Crippen LogP contribution < -0.4 is 0 Å². The van der Waals surface area contributed by atoms with Gasteiger partial charge in [-0.3, -0.25) is 0 Å². The van der Waals surface area contributed by atoms with Crippen LogP contribution >= 0.6 is 0 Å². The summed E-state index contributed by atoms with van der Waals surface area (Å²) in [6.45, 7) is 29.4. The maximum Gasteiger partial charge on any atom is 0.192 e. The van der Waals surface area contributed by atoms with Gasteiger partial charge in [-0.2, -0.15) is 0 Å². The third kappa shape index (κ3) is 8.14. The zero-order valence-corrected chi connectivity index (χ0v) is 28.0. The molecule has 1 aromatic carbocycles. The molecule has 0 heterocycles. The molecule has 5 atom stereocenters. The van der Waals surface area contributed by atoms with Crippen LogP contribution in [0.15, 0.2) is 36.9 Å². The largest absolute Gasteiger partial charge is 0.413 e.